The predicted octanol–water partition coefficient (Wildman–Crippen LogP) is 2.64. The minimum Gasteiger partial charge on any atom is -0.385 e. The summed E-state index contributed by atoms with van der Waals surface area (Å²) in [5, 5.41) is 13.6. The zero-order chi connectivity index (χ0) is 26.9. The average molecular weight is 533 g/mol. The van der Waals surface area contributed by atoms with E-state index in [4.69, 9.17) is 9.47 Å². The molecule has 2 saturated heterocycles. The Labute approximate surface area is 224 Å². The Hall–Kier alpha value is -2.63. The summed E-state index contributed by atoms with van der Waals surface area (Å²) in [5.74, 6) is -0.578. The first-order chi connectivity index (χ1) is 18.5. The summed E-state index contributed by atoms with van der Waals surface area (Å²) in [6, 6.07) is 5.20. The molecule has 0 saturated carbocycles. The van der Waals surface area contributed by atoms with Gasteiger partial charge in [0.2, 0.25) is 5.91 Å². The number of hydrogen-bond donors (Lipinski definition) is 1. The molecular weight excluding hydrogens is 491 g/mol. The molecular formula is C27H41FN6O4. The first kappa shape index (κ1) is 28.4. The van der Waals surface area contributed by atoms with Gasteiger partial charge in [0.25, 0.3) is 5.91 Å². The lowest BCUT2D eigenvalue weighted by molar-refractivity contribution is -0.143. The number of anilines is 1. The van der Waals surface area contributed by atoms with Crippen LogP contribution in [0.4, 0.5) is 10.1 Å². The third kappa shape index (κ3) is 6.68. The van der Waals surface area contributed by atoms with Crippen molar-refractivity contribution in [2.75, 3.05) is 64.7 Å². The molecule has 2 unspecified atom stereocenters. The summed E-state index contributed by atoms with van der Waals surface area (Å²) < 4.78 is 25.3. The van der Waals surface area contributed by atoms with E-state index >= 15 is 0 Å². The Morgan fingerprint density at radius 3 is 2.74 bits per heavy atom. The minimum atomic E-state index is -0.737. The highest BCUT2D eigenvalue weighted by molar-refractivity contribution is 5.85. The highest BCUT2D eigenvalue weighted by Gasteiger charge is 2.43. The molecule has 11 heteroatoms. The number of halogens is 1. The fraction of sp³-hybridized carbons (Fsp3) is 0.704. The Bertz CT molecular complexity index is 959. The number of unbranched alkanes of at least 4 members (excludes halogenated alkanes) is 1. The van der Waals surface area contributed by atoms with Crippen molar-refractivity contribution in [1.82, 2.24) is 15.1 Å². The Kier molecular flexibility index (Phi) is 10.4. The number of hydrogen-bond acceptors (Lipinski definition) is 8. The number of carbonyl (C=O) groups is 2. The van der Waals surface area contributed by atoms with Gasteiger partial charge >= 0.3 is 0 Å². The van der Waals surface area contributed by atoms with Crippen molar-refractivity contribution in [1.29, 1.82) is 0 Å². The van der Waals surface area contributed by atoms with Gasteiger partial charge in [-0.3, -0.25) is 9.59 Å². The normalized spacial score (nSPS) is 25.6. The van der Waals surface area contributed by atoms with E-state index in [9.17, 15) is 14.0 Å². The van der Waals surface area contributed by atoms with Gasteiger partial charge in [0.15, 0.2) is 6.04 Å². The van der Waals surface area contributed by atoms with Crippen LogP contribution in [0.5, 0.6) is 0 Å². The smallest absolute Gasteiger partial charge is 0.251 e. The maximum absolute atomic E-state index is 14.7. The van der Waals surface area contributed by atoms with Crippen LogP contribution in [0.25, 0.3) is 0 Å². The molecule has 0 radical (unpaired) electrons. The van der Waals surface area contributed by atoms with Crippen LogP contribution >= 0.6 is 0 Å². The molecule has 1 N–H and O–H groups in total. The number of rotatable bonds is 11. The lowest BCUT2D eigenvalue weighted by Gasteiger charge is -2.40. The molecule has 3 heterocycles. The van der Waals surface area contributed by atoms with Gasteiger partial charge in [-0.2, -0.15) is 5.11 Å². The van der Waals surface area contributed by atoms with E-state index in [1.54, 1.807) is 30.3 Å². The van der Waals surface area contributed by atoms with Crippen LogP contribution in [0.3, 0.4) is 0 Å². The average Bonchev–Trinajstić information content (AvgIpc) is 3.37. The van der Waals surface area contributed by atoms with E-state index in [1.807, 2.05) is 16.7 Å². The Balaban J connectivity index is 1.50. The van der Waals surface area contributed by atoms with E-state index in [1.165, 1.54) is 6.07 Å². The van der Waals surface area contributed by atoms with Gasteiger partial charge in [-0.05, 0) is 44.2 Å². The molecule has 3 aliphatic heterocycles. The lowest BCUT2D eigenvalue weighted by atomic mass is 9.92. The van der Waals surface area contributed by atoms with E-state index < -0.39 is 17.9 Å². The maximum atomic E-state index is 14.7. The number of nitrogens with one attached hydrogen (secondary N) is 1. The predicted molar refractivity (Wildman–Crippen MR) is 141 cm³/mol. The van der Waals surface area contributed by atoms with Crippen LogP contribution in [0, 0.1) is 11.7 Å². The van der Waals surface area contributed by atoms with Crippen molar-refractivity contribution < 1.29 is 23.5 Å². The summed E-state index contributed by atoms with van der Waals surface area (Å²) in [4.78, 5) is 31.0. The number of methoxy groups -OCH3 is 1. The lowest BCUT2D eigenvalue weighted by Crippen LogP contribution is -2.58. The zero-order valence-electron chi connectivity index (χ0n) is 22.6. The summed E-state index contributed by atoms with van der Waals surface area (Å²) in [6.07, 6.45) is 3.64. The highest BCUT2D eigenvalue weighted by Crippen LogP contribution is 2.32. The van der Waals surface area contributed by atoms with Gasteiger partial charge in [-0.15, -0.1) is 0 Å². The minimum absolute atomic E-state index is 0.113. The molecule has 10 nitrogen and oxygen atoms in total. The van der Waals surface area contributed by atoms with Gasteiger partial charge in [-0.25, -0.2) is 9.40 Å². The second-order valence-corrected chi connectivity index (χ2v) is 10.2. The quantitative estimate of drug-likeness (QED) is 0.440. The third-order valence-corrected chi connectivity index (χ3v) is 7.59. The number of benzene rings is 1. The van der Waals surface area contributed by atoms with Gasteiger partial charge in [0.05, 0.1) is 30.9 Å². The van der Waals surface area contributed by atoms with Crippen LogP contribution in [0.2, 0.25) is 0 Å². The van der Waals surface area contributed by atoms with Crippen molar-refractivity contribution >= 4 is 17.5 Å². The maximum Gasteiger partial charge on any atom is 0.251 e. The number of para-hydroxylation sites is 1. The molecule has 3 aliphatic rings. The summed E-state index contributed by atoms with van der Waals surface area (Å²) in [6.45, 7) is 6.79. The molecule has 0 aromatic heterocycles. The SMILES string of the molecule is CCCN(C(=O)C1N=NN(c2ccccc2F)C1CCCCOC)[C@@H]1CNC[C@H](C(=O)N2CCOCC2)C1. The largest absolute Gasteiger partial charge is 0.385 e. The molecule has 1 aromatic carbocycles. The highest BCUT2D eigenvalue weighted by atomic mass is 19.1. The number of nitrogens with zero attached hydrogens (tertiary/aromatic N) is 5. The van der Waals surface area contributed by atoms with Crippen molar-refractivity contribution in [3.05, 3.63) is 30.1 Å². The molecule has 4 rings (SSSR count). The molecule has 38 heavy (non-hydrogen) atoms. The number of amides is 2. The summed E-state index contributed by atoms with van der Waals surface area (Å²) >= 11 is 0. The summed E-state index contributed by atoms with van der Waals surface area (Å²) in [7, 11) is 1.66. The van der Waals surface area contributed by atoms with E-state index in [-0.39, 0.29) is 23.8 Å². The number of morpholine rings is 1. The number of ether oxygens (including phenoxy) is 2. The molecule has 1 aromatic rings. The van der Waals surface area contributed by atoms with Gasteiger partial charge < -0.3 is 24.6 Å². The van der Waals surface area contributed by atoms with Crippen molar-refractivity contribution in [2.24, 2.45) is 16.3 Å². The number of piperidine rings is 1. The van der Waals surface area contributed by atoms with Crippen LogP contribution in [-0.4, -0.2) is 99.4 Å². The van der Waals surface area contributed by atoms with Gasteiger partial charge in [0, 0.05) is 52.5 Å². The van der Waals surface area contributed by atoms with Crippen LogP contribution in [-0.2, 0) is 19.1 Å². The fourth-order valence-corrected chi connectivity index (χ4v) is 5.62. The monoisotopic (exact) mass is 532 g/mol. The Morgan fingerprint density at radius 1 is 1.21 bits per heavy atom. The molecule has 210 valence electrons. The molecule has 2 fully saturated rings. The molecule has 0 bridgehead atoms. The van der Waals surface area contributed by atoms with Gasteiger partial charge in [0.1, 0.15) is 5.82 Å². The second kappa shape index (κ2) is 14.0. The first-order valence-electron chi connectivity index (χ1n) is 13.9. The van der Waals surface area contributed by atoms with Crippen LogP contribution in [0.15, 0.2) is 34.6 Å². The van der Waals surface area contributed by atoms with E-state index in [2.05, 4.69) is 15.7 Å². The van der Waals surface area contributed by atoms with Crippen LogP contribution in [0.1, 0.15) is 39.0 Å². The first-order valence-corrected chi connectivity index (χ1v) is 13.9. The number of carbonyl (C=O) groups excluding carboxylic acids is 2. The third-order valence-electron chi connectivity index (χ3n) is 7.59. The molecule has 0 aliphatic carbocycles. The van der Waals surface area contributed by atoms with E-state index in [0.717, 1.165) is 19.3 Å². The summed E-state index contributed by atoms with van der Waals surface area (Å²) in [5.41, 5.74) is 0.320. The van der Waals surface area contributed by atoms with Crippen molar-refractivity contribution in [2.45, 2.75) is 57.2 Å². The van der Waals surface area contributed by atoms with Crippen molar-refractivity contribution in [3.63, 3.8) is 0 Å². The Morgan fingerprint density at radius 2 is 2.00 bits per heavy atom. The van der Waals surface area contributed by atoms with E-state index in [0.29, 0.717) is 71.1 Å². The standard InChI is InChI=1S/C27H41FN6O4/c1-3-11-33(21-17-20(18-29-19-21)26(35)32-12-15-38-16-13-32)27(36)25-24(10-6-7-14-37-2)34(31-30-25)23-9-5-4-8-22(23)28/h4-5,8-9,20-21,24-25,29H,3,6-7,10-19H2,1-2H3/t20-,21+,24?,25?/m1/s1. The van der Waals surface area contributed by atoms with Crippen LogP contribution < -0.4 is 10.3 Å². The second-order valence-electron chi connectivity index (χ2n) is 10.2. The molecule has 2 amide bonds. The zero-order valence-corrected chi connectivity index (χ0v) is 22.6. The topological polar surface area (TPSA) is 99.1 Å². The molecule has 0 spiro atoms. The van der Waals surface area contributed by atoms with Crippen molar-refractivity contribution in [3.8, 4) is 0 Å². The molecule has 4 atom stereocenters. The van der Waals surface area contributed by atoms with Gasteiger partial charge in [-0.1, -0.05) is 24.3 Å². The fourth-order valence-electron chi connectivity index (χ4n) is 5.62.